The number of halogens is 3. The Balaban J connectivity index is 2.96. The molecule has 1 atom stereocenters. The van der Waals surface area contributed by atoms with E-state index in [-0.39, 0.29) is 12.2 Å². The molecule has 112 valence electrons. The summed E-state index contributed by atoms with van der Waals surface area (Å²) < 4.78 is 40.7. The normalized spacial score (nSPS) is 14.5. The predicted molar refractivity (Wildman–Crippen MR) is 69.2 cm³/mol. The second-order valence-electron chi connectivity index (χ2n) is 4.62. The van der Waals surface area contributed by atoms with Crippen LogP contribution in [0.4, 0.5) is 18.9 Å². The summed E-state index contributed by atoms with van der Waals surface area (Å²) in [4.78, 5) is 12.1. The molecule has 4 nitrogen and oxygen atoms in total. The summed E-state index contributed by atoms with van der Waals surface area (Å²) in [5, 5.41) is 2.43. The molecule has 0 heterocycles. The zero-order valence-electron chi connectivity index (χ0n) is 11.3. The van der Waals surface area contributed by atoms with E-state index in [2.05, 4.69) is 10.1 Å². The van der Waals surface area contributed by atoms with Crippen LogP contribution in [0.25, 0.3) is 0 Å². The molecule has 0 radical (unpaired) electrons. The summed E-state index contributed by atoms with van der Waals surface area (Å²) in [5.41, 5.74) is 4.66. The van der Waals surface area contributed by atoms with Crippen LogP contribution in [0.3, 0.4) is 0 Å². The van der Waals surface area contributed by atoms with Gasteiger partial charge in [-0.3, -0.25) is 4.79 Å². The third-order valence-electron chi connectivity index (χ3n) is 3.14. The number of hydrogen-bond donors (Lipinski definition) is 2. The van der Waals surface area contributed by atoms with Crippen molar-refractivity contribution in [2.75, 3.05) is 11.9 Å². The van der Waals surface area contributed by atoms with E-state index in [0.29, 0.717) is 6.42 Å². The number of alkyl halides is 3. The van der Waals surface area contributed by atoms with Crippen molar-refractivity contribution in [3.05, 3.63) is 24.3 Å². The number of nitrogens with two attached hydrogens (primary N) is 1. The molecular weight excluding hydrogens is 273 g/mol. The van der Waals surface area contributed by atoms with Crippen molar-refractivity contribution >= 4 is 11.6 Å². The fourth-order valence-corrected chi connectivity index (χ4v) is 1.45. The van der Waals surface area contributed by atoms with Crippen LogP contribution in [0.15, 0.2) is 24.3 Å². The quantitative estimate of drug-likeness (QED) is 0.876. The lowest BCUT2D eigenvalue weighted by atomic mass is 9.86. The first-order valence-electron chi connectivity index (χ1n) is 6.08. The highest BCUT2D eigenvalue weighted by Crippen LogP contribution is 2.31. The van der Waals surface area contributed by atoms with Crippen LogP contribution in [-0.2, 0) is 4.79 Å². The number of benzene rings is 1. The first-order valence-corrected chi connectivity index (χ1v) is 6.08. The number of rotatable bonds is 5. The number of amides is 1. The molecular formula is C13H17F3N2O2. The maximum absolute atomic E-state index is 12.3. The van der Waals surface area contributed by atoms with Gasteiger partial charge in [0.15, 0.2) is 5.75 Å². The molecule has 1 unspecified atom stereocenters. The Hall–Kier alpha value is -1.76. The molecule has 20 heavy (non-hydrogen) atoms. The van der Waals surface area contributed by atoms with Crippen LogP contribution in [0, 0.1) is 5.41 Å². The van der Waals surface area contributed by atoms with Gasteiger partial charge in [0, 0.05) is 6.54 Å². The molecule has 3 N–H and O–H groups in total. The summed E-state index contributed by atoms with van der Waals surface area (Å²) in [6.45, 7) is 3.53. The monoisotopic (exact) mass is 290 g/mol. The van der Waals surface area contributed by atoms with Gasteiger partial charge >= 0.3 is 6.36 Å². The highest BCUT2D eigenvalue weighted by molar-refractivity contribution is 5.96. The number of carbonyl (C=O) groups excluding carboxylic acids is 1. The Bertz CT molecular complexity index is 471. The van der Waals surface area contributed by atoms with E-state index < -0.39 is 23.4 Å². The van der Waals surface area contributed by atoms with Crippen molar-refractivity contribution in [3.63, 3.8) is 0 Å². The highest BCUT2D eigenvalue weighted by atomic mass is 19.4. The lowest BCUT2D eigenvalue weighted by Gasteiger charge is -2.25. The molecule has 0 saturated heterocycles. The Kier molecular flexibility index (Phi) is 4.99. The zero-order valence-corrected chi connectivity index (χ0v) is 11.3. The van der Waals surface area contributed by atoms with Gasteiger partial charge in [0.25, 0.3) is 0 Å². The number of para-hydroxylation sites is 2. The number of carbonyl (C=O) groups is 1. The van der Waals surface area contributed by atoms with Crippen LogP contribution >= 0.6 is 0 Å². The van der Waals surface area contributed by atoms with Crippen LogP contribution in [-0.4, -0.2) is 18.8 Å². The van der Waals surface area contributed by atoms with Crippen LogP contribution < -0.4 is 15.8 Å². The van der Waals surface area contributed by atoms with Crippen molar-refractivity contribution in [1.82, 2.24) is 0 Å². The molecule has 1 amide bonds. The molecule has 0 aliphatic carbocycles. The van der Waals surface area contributed by atoms with E-state index in [1.165, 1.54) is 18.2 Å². The first kappa shape index (κ1) is 16.3. The van der Waals surface area contributed by atoms with E-state index >= 15 is 0 Å². The smallest absolute Gasteiger partial charge is 0.404 e. The van der Waals surface area contributed by atoms with Crippen LogP contribution in [0.1, 0.15) is 20.3 Å². The Labute approximate surface area is 115 Å². The molecule has 0 aliphatic rings. The van der Waals surface area contributed by atoms with Gasteiger partial charge in [-0.15, -0.1) is 13.2 Å². The van der Waals surface area contributed by atoms with E-state index in [1.807, 2.05) is 0 Å². The molecule has 0 aromatic heterocycles. The topological polar surface area (TPSA) is 64.4 Å². The molecule has 0 bridgehead atoms. The number of nitrogens with one attached hydrogen (secondary N) is 1. The van der Waals surface area contributed by atoms with Crippen molar-refractivity contribution in [2.24, 2.45) is 11.1 Å². The summed E-state index contributed by atoms with van der Waals surface area (Å²) in [5.74, 6) is -0.899. The second kappa shape index (κ2) is 6.13. The second-order valence-corrected chi connectivity index (χ2v) is 4.62. The number of ether oxygens (including phenoxy) is 1. The Morgan fingerprint density at radius 1 is 1.35 bits per heavy atom. The SMILES string of the molecule is CCC(C)(CN)C(=O)Nc1ccccc1OC(F)(F)F. The summed E-state index contributed by atoms with van der Waals surface area (Å²) in [6, 6.07) is 5.36. The number of hydrogen-bond acceptors (Lipinski definition) is 3. The van der Waals surface area contributed by atoms with Gasteiger partial charge < -0.3 is 15.8 Å². The van der Waals surface area contributed by atoms with Crippen molar-refractivity contribution in [1.29, 1.82) is 0 Å². The fraction of sp³-hybridized carbons (Fsp3) is 0.462. The van der Waals surface area contributed by atoms with Crippen molar-refractivity contribution in [2.45, 2.75) is 26.6 Å². The summed E-state index contributed by atoms with van der Waals surface area (Å²) in [6.07, 6.45) is -4.35. The molecule has 7 heteroatoms. The minimum absolute atomic E-state index is 0.0389. The minimum atomic E-state index is -4.82. The van der Waals surface area contributed by atoms with Gasteiger partial charge in [0.05, 0.1) is 11.1 Å². The molecule has 1 rings (SSSR count). The fourth-order valence-electron chi connectivity index (χ4n) is 1.45. The zero-order chi connectivity index (χ0) is 15.4. The lowest BCUT2D eigenvalue weighted by molar-refractivity contribution is -0.274. The third-order valence-corrected chi connectivity index (χ3v) is 3.14. The average molecular weight is 290 g/mol. The maximum Gasteiger partial charge on any atom is 0.573 e. The molecule has 0 fully saturated rings. The third kappa shape index (κ3) is 4.12. The molecule has 0 saturated carbocycles. The van der Waals surface area contributed by atoms with Crippen molar-refractivity contribution in [3.8, 4) is 5.75 Å². The Morgan fingerprint density at radius 2 is 1.95 bits per heavy atom. The van der Waals surface area contributed by atoms with Gasteiger partial charge in [-0.25, -0.2) is 0 Å². The van der Waals surface area contributed by atoms with Gasteiger partial charge in [-0.1, -0.05) is 19.1 Å². The molecule has 0 spiro atoms. The molecule has 1 aromatic carbocycles. The summed E-state index contributed by atoms with van der Waals surface area (Å²) >= 11 is 0. The Morgan fingerprint density at radius 3 is 2.45 bits per heavy atom. The highest BCUT2D eigenvalue weighted by Gasteiger charge is 2.34. The number of anilines is 1. The standard InChI is InChI=1S/C13H17F3N2O2/c1-3-12(2,8-17)11(19)18-9-6-4-5-7-10(9)20-13(14,15)16/h4-7H,3,8,17H2,1-2H3,(H,18,19). The van der Waals surface area contributed by atoms with E-state index in [9.17, 15) is 18.0 Å². The van der Waals surface area contributed by atoms with Gasteiger partial charge in [0.2, 0.25) is 5.91 Å². The average Bonchev–Trinajstić information content (AvgIpc) is 2.38. The predicted octanol–water partition coefficient (Wildman–Crippen LogP) is 2.90. The molecule has 0 aliphatic heterocycles. The summed E-state index contributed by atoms with van der Waals surface area (Å²) in [7, 11) is 0. The molecule has 1 aromatic rings. The van der Waals surface area contributed by atoms with Gasteiger partial charge in [-0.05, 0) is 25.5 Å². The van der Waals surface area contributed by atoms with E-state index in [4.69, 9.17) is 5.73 Å². The van der Waals surface area contributed by atoms with E-state index in [0.717, 1.165) is 6.07 Å². The van der Waals surface area contributed by atoms with Gasteiger partial charge in [0.1, 0.15) is 0 Å². The van der Waals surface area contributed by atoms with Gasteiger partial charge in [-0.2, -0.15) is 0 Å². The van der Waals surface area contributed by atoms with Crippen LogP contribution in [0.2, 0.25) is 0 Å². The van der Waals surface area contributed by atoms with Crippen LogP contribution in [0.5, 0.6) is 5.75 Å². The van der Waals surface area contributed by atoms with E-state index in [1.54, 1.807) is 13.8 Å². The van der Waals surface area contributed by atoms with Crippen molar-refractivity contribution < 1.29 is 22.7 Å². The largest absolute Gasteiger partial charge is 0.573 e. The lowest BCUT2D eigenvalue weighted by Crippen LogP contribution is -2.39. The maximum atomic E-state index is 12.3. The first-order chi connectivity index (χ1) is 9.22. The minimum Gasteiger partial charge on any atom is -0.404 e.